The van der Waals surface area contributed by atoms with Crippen molar-refractivity contribution in [3.05, 3.63) is 0 Å². The summed E-state index contributed by atoms with van der Waals surface area (Å²) in [5.74, 6) is -0.748. The first-order chi connectivity index (χ1) is 8.15. The highest BCUT2D eigenvalue weighted by Gasteiger charge is 2.58. The Kier molecular flexibility index (Phi) is 2.65. The van der Waals surface area contributed by atoms with Crippen LogP contribution in [0, 0.1) is 17.8 Å². The number of hydrogen-bond acceptors (Lipinski definition) is 5. The molecule has 96 valence electrons. The Morgan fingerprint density at radius 2 is 2.06 bits per heavy atom. The lowest BCUT2D eigenvalue weighted by Crippen LogP contribution is -2.33. The molecule has 4 atom stereocenters. The van der Waals surface area contributed by atoms with E-state index in [2.05, 4.69) is 0 Å². The van der Waals surface area contributed by atoms with Crippen LogP contribution in [0.1, 0.15) is 19.3 Å². The summed E-state index contributed by atoms with van der Waals surface area (Å²) in [5, 5.41) is 9.95. The Morgan fingerprint density at radius 3 is 2.71 bits per heavy atom. The maximum atomic E-state index is 11.7. The number of rotatable bonds is 1. The lowest BCUT2D eigenvalue weighted by atomic mass is 9.91. The van der Waals surface area contributed by atoms with Gasteiger partial charge in [-0.1, -0.05) is 0 Å². The number of esters is 1. The Labute approximate surface area is 100 Å². The highest BCUT2D eigenvalue weighted by molar-refractivity contribution is 5.74. The molecular weight excluding hydrogens is 224 g/mol. The van der Waals surface area contributed by atoms with Crippen LogP contribution < -0.4 is 0 Å². The maximum absolute atomic E-state index is 11.7. The maximum Gasteiger partial charge on any atom is 0.311 e. The molecule has 1 saturated heterocycles. The standard InChI is InChI=1S/C12H18O5/c1-15-11(14)10-8-6-12(16-2-3-17-12)5-7(8)4-9(10)13/h7-10,13H,2-6H2,1H3/t7-,8+,9-,10-/m1/s1. The highest BCUT2D eigenvalue weighted by Crippen LogP contribution is 2.54. The molecule has 0 aromatic heterocycles. The summed E-state index contributed by atoms with van der Waals surface area (Å²) < 4.78 is 16.1. The number of carbonyl (C=O) groups is 1. The molecule has 5 nitrogen and oxygen atoms in total. The van der Waals surface area contributed by atoms with E-state index in [1.165, 1.54) is 7.11 Å². The summed E-state index contributed by atoms with van der Waals surface area (Å²) in [5.41, 5.74) is 0. The number of methoxy groups -OCH3 is 1. The SMILES string of the molecule is COC(=O)[C@@H]1[C@H]2CC3(C[C@H]2C[C@H]1O)OCCO3. The second-order valence-electron chi connectivity index (χ2n) is 5.29. The molecule has 17 heavy (non-hydrogen) atoms. The molecule has 3 aliphatic rings. The summed E-state index contributed by atoms with van der Waals surface area (Å²) >= 11 is 0. The normalized spacial score (nSPS) is 42.9. The van der Waals surface area contributed by atoms with Gasteiger partial charge in [-0.3, -0.25) is 4.79 Å². The molecule has 1 N–H and O–H groups in total. The van der Waals surface area contributed by atoms with Crippen molar-refractivity contribution in [1.82, 2.24) is 0 Å². The molecule has 1 aliphatic heterocycles. The molecule has 0 aromatic rings. The number of hydrogen-bond donors (Lipinski definition) is 1. The Hall–Kier alpha value is -0.650. The van der Waals surface area contributed by atoms with E-state index in [1.54, 1.807) is 0 Å². The van der Waals surface area contributed by atoms with Crippen LogP contribution in [0.15, 0.2) is 0 Å². The average molecular weight is 242 g/mol. The molecule has 0 aromatic carbocycles. The van der Waals surface area contributed by atoms with E-state index in [0.29, 0.717) is 32.0 Å². The molecule has 0 radical (unpaired) electrons. The van der Waals surface area contributed by atoms with Gasteiger partial charge in [0, 0.05) is 12.8 Å². The zero-order chi connectivity index (χ0) is 12.0. The van der Waals surface area contributed by atoms with Crippen LogP contribution in [0.25, 0.3) is 0 Å². The van der Waals surface area contributed by atoms with Gasteiger partial charge >= 0.3 is 5.97 Å². The van der Waals surface area contributed by atoms with Gasteiger partial charge in [0.05, 0.1) is 32.3 Å². The van der Waals surface area contributed by atoms with Gasteiger partial charge in [-0.25, -0.2) is 0 Å². The van der Waals surface area contributed by atoms with Crippen LogP contribution in [-0.4, -0.2) is 43.3 Å². The second-order valence-corrected chi connectivity index (χ2v) is 5.29. The van der Waals surface area contributed by atoms with E-state index in [4.69, 9.17) is 14.2 Å². The molecule has 0 bridgehead atoms. The lowest BCUT2D eigenvalue weighted by Gasteiger charge is -2.25. The van der Waals surface area contributed by atoms with Crippen LogP contribution in [-0.2, 0) is 19.0 Å². The molecule has 0 unspecified atom stereocenters. The predicted molar refractivity (Wildman–Crippen MR) is 57.0 cm³/mol. The largest absolute Gasteiger partial charge is 0.469 e. The van der Waals surface area contributed by atoms with Gasteiger partial charge in [-0.05, 0) is 18.3 Å². The molecule has 3 fully saturated rings. The first-order valence-corrected chi connectivity index (χ1v) is 6.19. The molecule has 2 saturated carbocycles. The first-order valence-electron chi connectivity index (χ1n) is 6.19. The van der Waals surface area contributed by atoms with Crippen LogP contribution in [0.5, 0.6) is 0 Å². The topological polar surface area (TPSA) is 65.0 Å². The number of ether oxygens (including phenoxy) is 3. The van der Waals surface area contributed by atoms with Gasteiger partial charge in [-0.15, -0.1) is 0 Å². The molecule has 1 heterocycles. The van der Waals surface area contributed by atoms with E-state index < -0.39 is 17.8 Å². The fraction of sp³-hybridized carbons (Fsp3) is 0.917. The van der Waals surface area contributed by atoms with Crippen molar-refractivity contribution in [3.63, 3.8) is 0 Å². The summed E-state index contributed by atoms with van der Waals surface area (Å²) in [6, 6.07) is 0. The smallest absolute Gasteiger partial charge is 0.311 e. The second kappa shape index (κ2) is 3.93. The number of carbonyl (C=O) groups excluding carboxylic acids is 1. The Bertz CT molecular complexity index is 323. The molecule has 5 heteroatoms. The third-order valence-electron chi connectivity index (χ3n) is 4.43. The fourth-order valence-corrected chi connectivity index (χ4v) is 3.78. The highest BCUT2D eigenvalue weighted by atomic mass is 16.7. The van der Waals surface area contributed by atoms with Crippen molar-refractivity contribution in [1.29, 1.82) is 0 Å². The monoisotopic (exact) mass is 242 g/mol. The fourth-order valence-electron chi connectivity index (χ4n) is 3.78. The lowest BCUT2D eigenvalue weighted by molar-refractivity contribution is -0.163. The predicted octanol–water partition coefficient (Wildman–Crippen LogP) is 0.309. The average Bonchev–Trinajstić information content (AvgIpc) is 2.94. The van der Waals surface area contributed by atoms with E-state index in [9.17, 15) is 9.90 Å². The van der Waals surface area contributed by atoms with Gasteiger partial charge in [-0.2, -0.15) is 0 Å². The summed E-state index contributed by atoms with van der Waals surface area (Å²) in [6.45, 7) is 1.26. The Balaban J connectivity index is 1.78. The van der Waals surface area contributed by atoms with E-state index in [1.807, 2.05) is 0 Å². The third kappa shape index (κ3) is 1.68. The van der Waals surface area contributed by atoms with E-state index in [-0.39, 0.29) is 11.9 Å². The molecule has 3 rings (SSSR count). The molecular formula is C12H18O5. The number of aliphatic hydroxyl groups excluding tert-OH is 1. The van der Waals surface area contributed by atoms with Gasteiger partial charge in [0.15, 0.2) is 5.79 Å². The first kappa shape index (κ1) is 11.4. The van der Waals surface area contributed by atoms with E-state index >= 15 is 0 Å². The van der Waals surface area contributed by atoms with E-state index in [0.717, 1.165) is 6.42 Å². The van der Waals surface area contributed by atoms with Crippen LogP contribution >= 0.6 is 0 Å². The van der Waals surface area contributed by atoms with Gasteiger partial charge in [0.2, 0.25) is 0 Å². The minimum Gasteiger partial charge on any atom is -0.469 e. The van der Waals surface area contributed by atoms with Crippen LogP contribution in [0.2, 0.25) is 0 Å². The van der Waals surface area contributed by atoms with Crippen molar-refractivity contribution >= 4 is 5.97 Å². The zero-order valence-electron chi connectivity index (χ0n) is 9.93. The van der Waals surface area contributed by atoms with Gasteiger partial charge < -0.3 is 19.3 Å². The summed E-state index contributed by atoms with van der Waals surface area (Å²) in [4.78, 5) is 11.7. The van der Waals surface area contributed by atoms with Gasteiger partial charge in [0.25, 0.3) is 0 Å². The van der Waals surface area contributed by atoms with Gasteiger partial charge in [0.1, 0.15) is 0 Å². The third-order valence-corrected chi connectivity index (χ3v) is 4.43. The summed E-state index contributed by atoms with van der Waals surface area (Å²) in [6.07, 6.45) is 1.58. The molecule has 1 spiro atoms. The molecule has 0 amide bonds. The number of fused-ring (bicyclic) bond motifs is 1. The quantitative estimate of drug-likeness (QED) is 0.670. The molecule has 2 aliphatic carbocycles. The van der Waals surface area contributed by atoms with Crippen molar-refractivity contribution in [2.75, 3.05) is 20.3 Å². The van der Waals surface area contributed by atoms with Crippen LogP contribution in [0.4, 0.5) is 0 Å². The van der Waals surface area contributed by atoms with Crippen LogP contribution in [0.3, 0.4) is 0 Å². The number of aliphatic hydroxyl groups is 1. The summed E-state index contributed by atoms with van der Waals surface area (Å²) in [7, 11) is 1.37. The van der Waals surface area contributed by atoms with Crippen molar-refractivity contribution in [3.8, 4) is 0 Å². The minimum atomic E-state index is -0.573. The van der Waals surface area contributed by atoms with Crippen molar-refractivity contribution in [2.45, 2.75) is 31.2 Å². The van der Waals surface area contributed by atoms with Crippen molar-refractivity contribution in [2.24, 2.45) is 17.8 Å². The Morgan fingerprint density at radius 1 is 1.35 bits per heavy atom. The zero-order valence-corrected chi connectivity index (χ0v) is 9.93. The van der Waals surface area contributed by atoms with Crippen molar-refractivity contribution < 1.29 is 24.1 Å². The minimum absolute atomic E-state index is 0.135.